The van der Waals surface area contributed by atoms with E-state index in [1.54, 1.807) is 0 Å². The maximum absolute atomic E-state index is 5.84. The summed E-state index contributed by atoms with van der Waals surface area (Å²) in [5.74, 6) is 6.33. The summed E-state index contributed by atoms with van der Waals surface area (Å²) in [4.78, 5) is 0. The molecule has 0 aromatic heterocycles. The smallest absolute Gasteiger partial charge is 0.154 e. The van der Waals surface area contributed by atoms with Gasteiger partial charge in [0.15, 0.2) is 5.84 Å². The third kappa shape index (κ3) is 10.3. The fourth-order valence-corrected chi connectivity index (χ4v) is 3.18. The Bertz CT molecular complexity index is 488. The minimum atomic E-state index is 0.311. The molecule has 0 saturated carbocycles. The molecule has 148 valence electrons. The van der Waals surface area contributed by atoms with E-state index in [4.69, 9.17) is 16.3 Å². The second-order valence-electron chi connectivity index (χ2n) is 7.10. The maximum Gasteiger partial charge on any atom is 0.154 e. The zero-order chi connectivity index (χ0) is 18.9. The van der Waals surface area contributed by atoms with E-state index in [-0.39, 0.29) is 0 Å². The highest BCUT2D eigenvalue weighted by atomic mass is 16.5. The molecule has 26 heavy (non-hydrogen) atoms. The fourth-order valence-electron chi connectivity index (χ4n) is 3.18. The predicted octanol–water partition coefficient (Wildman–Crippen LogP) is 5.74. The molecular formula is C22H39N3O. The molecule has 1 aromatic rings. The normalized spacial score (nSPS) is 11.7. The SMILES string of the molecule is CCCCCCCCCCCCCCCOc1ccccc1C(N)=NN. The van der Waals surface area contributed by atoms with Gasteiger partial charge in [-0.1, -0.05) is 96.1 Å². The van der Waals surface area contributed by atoms with Gasteiger partial charge in [0.2, 0.25) is 0 Å². The molecule has 0 atom stereocenters. The number of unbranched alkanes of at least 4 members (excludes halogenated alkanes) is 12. The topological polar surface area (TPSA) is 73.6 Å². The highest BCUT2D eigenvalue weighted by Crippen LogP contribution is 2.18. The molecule has 0 heterocycles. The van der Waals surface area contributed by atoms with Crippen molar-refractivity contribution in [2.24, 2.45) is 16.7 Å². The molecular weight excluding hydrogens is 322 g/mol. The third-order valence-electron chi connectivity index (χ3n) is 4.81. The number of hydrogen-bond acceptors (Lipinski definition) is 3. The monoisotopic (exact) mass is 361 g/mol. The molecule has 4 nitrogen and oxygen atoms in total. The van der Waals surface area contributed by atoms with Crippen LogP contribution in [0.4, 0.5) is 0 Å². The Hall–Kier alpha value is -1.71. The molecule has 0 amide bonds. The van der Waals surface area contributed by atoms with Gasteiger partial charge in [-0.2, -0.15) is 5.10 Å². The van der Waals surface area contributed by atoms with Crippen LogP contribution in [0.2, 0.25) is 0 Å². The van der Waals surface area contributed by atoms with Crippen molar-refractivity contribution in [3.05, 3.63) is 29.8 Å². The van der Waals surface area contributed by atoms with Crippen molar-refractivity contribution in [3.63, 3.8) is 0 Å². The standard InChI is InChI=1S/C22H39N3O/c1-2-3-4-5-6-7-8-9-10-11-12-13-16-19-26-21-18-15-14-17-20(21)22(23)25-24/h14-15,17-18H,2-13,16,19,24H2,1H3,(H2,23,25). The molecule has 0 aliphatic carbocycles. The van der Waals surface area contributed by atoms with Crippen LogP contribution >= 0.6 is 0 Å². The van der Waals surface area contributed by atoms with Gasteiger partial charge in [-0.05, 0) is 18.6 Å². The molecule has 1 rings (SSSR count). The van der Waals surface area contributed by atoms with E-state index in [9.17, 15) is 0 Å². The average Bonchev–Trinajstić information content (AvgIpc) is 2.68. The van der Waals surface area contributed by atoms with Crippen LogP contribution in [0.3, 0.4) is 0 Å². The van der Waals surface area contributed by atoms with Gasteiger partial charge >= 0.3 is 0 Å². The molecule has 4 heteroatoms. The average molecular weight is 362 g/mol. The Labute approximate surface area is 160 Å². The van der Waals surface area contributed by atoms with Crippen molar-refractivity contribution in [2.45, 2.75) is 90.4 Å². The van der Waals surface area contributed by atoms with Gasteiger partial charge in [-0.3, -0.25) is 0 Å². The number of rotatable bonds is 16. The van der Waals surface area contributed by atoms with Gasteiger partial charge in [0, 0.05) is 0 Å². The summed E-state index contributed by atoms with van der Waals surface area (Å²) in [7, 11) is 0. The predicted molar refractivity (Wildman–Crippen MR) is 113 cm³/mol. The number of para-hydroxylation sites is 1. The summed E-state index contributed by atoms with van der Waals surface area (Å²) < 4.78 is 5.84. The number of hydrogen-bond donors (Lipinski definition) is 2. The molecule has 1 aromatic carbocycles. The highest BCUT2D eigenvalue weighted by molar-refractivity contribution is 5.99. The van der Waals surface area contributed by atoms with Crippen LogP contribution < -0.4 is 16.3 Å². The number of benzene rings is 1. The Morgan fingerprint density at radius 2 is 1.31 bits per heavy atom. The molecule has 0 aliphatic rings. The van der Waals surface area contributed by atoms with E-state index >= 15 is 0 Å². The second kappa shape index (κ2) is 15.5. The number of amidine groups is 1. The molecule has 0 saturated heterocycles. The van der Waals surface area contributed by atoms with Crippen LogP contribution in [0.5, 0.6) is 5.75 Å². The van der Waals surface area contributed by atoms with Gasteiger partial charge in [-0.15, -0.1) is 0 Å². The molecule has 0 bridgehead atoms. The van der Waals surface area contributed by atoms with E-state index < -0.39 is 0 Å². The molecule has 0 fully saturated rings. The first-order valence-corrected chi connectivity index (χ1v) is 10.5. The summed E-state index contributed by atoms with van der Waals surface area (Å²) in [5.41, 5.74) is 6.56. The van der Waals surface area contributed by atoms with E-state index in [0.29, 0.717) is 12.4 Å². The molecule has 0 spiro atoms. The van der Waals surface area contributed by atoms with Crippen LogP contribution in [-0.4, -0.2) is 12.4 Å². The van der Waals surface area contributed by atoms with E-state index in [0.717, 1.165) is 17.7 Å². The Kier molecular flexibility index (Phi) is 13.3. The van der Waals surface area contributed by atoms with E-state index in [2.05, 4.69) is 12.0 Å². The van der Waals surface area contributed by atoms with Crippen molar-refractivity contribution < 1.29 is 4.74 Å². The minimum absolute atomic E-state index is 0.311. The van der Waals surface area contributed by atoms with Crippen LogP contribution in [0.25, 0.3) is 0 Å². The van der Waals surface area contributed by atoms with E-state index in [1.165, 1.54) is 77.0 Å². The third-order valence-corrected chi connectivity index (χ3v) is 4.81. The molecule has 0 aliphatic heterocycles. The lowest BCUT2D eigenvalue weighted by Gasteiger charge is -2.10. The maximum atomic E-state index is 5.84. The largest absolute Gasteiger partial charge is 0.493 e. The first-order chi connectivity index (χ1) is 12.8. The Morgan fingerprint density at radius 1 is 0.808 bits per heavy atom. The zero-order valence-corrected chi connectivity index (χ0v) is 16.7. The van der Waals surface area contributed by atoms with Gasteiger partial charge in [0.1, 0.15) is 5.75 Å². The summed E-state index contributed by atoms with van der Waals surface area (Å²) >= 11 is 0. The number of hydrazone groups is 1. The summed E-state index contributed by atoms with van der Waals surface area (Å²) in [6.07, 6.45) is 17.6. The number of ether oxygens (including phenoxy) is 1. The van der Waals surface area contributed by atoms with Gasteiger partial charge in [-0.25, -0.2) is 0 Å². The van der Waals surface area contributed by atoms with Crippen LogP contribution in [0.1, 0.15) is 96.0 Å². The second-order valence-corrected chi connectivity index (χ2v) is 7.10. The molecule has 0 radical (unpaired) electrons. The van der Waals surface area contributed by atoms with Crippen molar-refractivity contribution >= 4 is 5.84 Å². The van der Waals surface area contributed by atoms with Crippen LogP contribution in [0.15, 0.2) is 29.4 Å². The molecule has 0 unspecified atom stereocenters. The van der Waals surface area contributed by atoms with Crippen molar-refractivity contribution in [2.75, 3.05) is 6.61 Å². The van der Waals surface area contributed by atoms with Gasteiger partial charge in [0.25, 0.3) is 0 Å². The van der Waals surface area contributed by atoms with Gasteiger partial charge < -0.3 is 16.3 Å². The lowest BCUT2D eigenvalue weighted by Crippen LogP contribution is -2.17. The summed E-state index contributed by atoms with van der Waals surface area (Å²) in [5, 5.41) is 3.55. The van der Waals surface area contributed by atoms with Crippen molar-refractivity contribution in [1.82, 2.24) is 0 Å². The summed E-state index contributed by atoms with van der Waals surface area (Å²) in [6.45, 7) is 2.99. The van der Waals surface area contributed by atoms with Crippen molar-refractivity contribution in [3.8, 4) is 5.75 Å². The number of nitrogens with zero attached hydrogens (tertiary/aromatic N) is 1. The Morgan fingerprint density at radius 3 is 1.85 bits per heavy atom. The van der Waals surface area contributed by atoms with Gasteiger partial charge in [0.05, 0.1) is 12.2 Å². The lowest BCUT2D eigenvalue weighted by atomic mass is 10.0. The van der Waals surface area contributed by atoms with Crippen molar-refractivity contribution in [1.29, 1.82) is 0 Å². The fraction of sp³-hybridized carbons (Fsp3) is 0.682. The first-order valence-electron chi connectivity index (χ1n) is 10.5. The minimum Gasteiger partial charge on any atom is -0.493 e. The quantitative estimate of drug-likeness (QED) is 0.130. The lowest BCUT2D eigenvalue weighted by molar-refractivity contribution is 0.303. The van der Waals surface area contributed by atoms with E-state index in [1.807, 2.05) is 24.3 Å². The summed E-state index contributed by atoms with van der Waals surface area (Å²) in [6, 6.07) is 7.64. The zero-order valence-electron chi connectivity index (χ0n) is 16.7. The highest BCUT2D eigenvalue weighted by Gasteiger charge is 2.06. The van der Waals surface area contributed by atoms with Crippen LogP contribution in [0, 0.1) is 0 Å². The Balaban J connectivity index is 1.96. The molecule has 4 N–H and O–H groups in total. The number of nitrogens with two attached hydrogens (primary N) is 2. The first kappa shape index (κ1) is 22.3. The van der Waals surface area contributed by atoms with Crippen LogP contribution in [-0.2, 0) is 0 Å².